The Morgan fingerprint density at radius 1 is 1.03 bits per heavy atom. The molecule has 3 aliphatic heterocycles. The van der Waals surface area contributed by atoms with Crippen molar-refractivity contribution in [3.63, 3.8) is 0 Å². The zero-order valence-corrected chi connectivity index (χ0v) is 20.2. The van der Waals surface area contributed by atoms with E-state index in [0.717, 1.165) is 48.5 Å². The molecule has 5 heterocycles. The van der Waals surface area contributed by atoms with Crippen LogP contribution in [0.25, 0.3) is 5.69 Å². The summed E-state index contributed by atoms with van der Waals surface area (Å²) < 4.78 is 47.1. The van der Waals surface area contributed by atoms with Crippen molar-refractivity contribution >= 4 is 17.5 Å². The Kier molecular flexibility index (Phi) is 6.09. The summed E-state index contributed by atoms with van der Waals surface area (Å²) in [5, 5.41) is 9.88. The number of aromatic nitrogens is 5. The second kappa shape index (κ2) is 9.28. The lowest BCUT2D eigenvalue weighted by molar-refractivity contribution is -0.141. The van der Waals surface area contributed by atoms with Crippen molar-refractivity contribution in [1.29, 1.82) is 0 Å². The Morgan fingerprint density at radius 3 is 2.61 bits per heavy atom. The summed E-state index contributed by atoms with van der Waals surface area (Å²) in [7, 11) is 0. The predicted octanol–water partition coefficient (Wildman–Crippen LogP) is 4.22. The van der Waals surface area contributed by atoms with Gasteiger partial charge >= 0.3 is 6.18 Å². The Bertz CT molecular complexity index is 1250. The normalized spacial score (nSPS) is 21.3. The van der Waals surface area contributed by atoms with Gasteiger partial charge in [-0.2, -0.15) is 13.2 Å². The summed E-state index contributed by atoms with van der Waals surface area (Å²) in [6, 6.07) is 7.13. The predicted molar refractivity (Wildman–Crippen MR) is 126 cm³/mol. The molecule has 36 heavy (non-hydrogen) atoms. The lowest BCUT2D eigenvalue weighted by atomic mass is 9.95. The summed E-state index contributed by atoms with van der Waals surface area (Å²) in [4.78, 5) is 12.0. The minimum Gasteiger partial charge on any atom is -0.380 e. The highest BCUT2D eigenvalue weighted by molar-refractivity contribution is 6.30. The van der Waals surface area contributed by atoms with E-state index in [4.69, 9.17) is 16.3 Å². The molecule has 190 valence electrons. The van der Waals surface area contributed by atoms with Gasteiger partial charge in [-0.1, -0.05) is 11.6 Å². The standard InChI is InChI=1S/C24H25ClF3N7O/c25-17-1-2-19-16(11-17)12-34(18-6-10-36-14-18)13-21-31-32-22(35(19)21)15-4-8-33(9-5-15)23-29-7-3-20(30-23)24(26,27)28/h1-3,7,11,15,18H,4-6,8-10,12-14H2/t18-/m1/s1. The zero-order valence-electron chi connectivity index (χ0n) is 19.5. The van der Waals surface area contributed by atoms with Crippen molar-refractivity contribution in [1.82, 2.24) is 29.6 Å². The van der Waals surface area contributed by atoms with Gasteiger partial charge in [-0.25, -0.2) is 9.97 Å². The Labute approximate surface area is 211 Å². The molecule has 0 bridgehead atoms. The average Bonchev–Trinajstić information content (AvgIpc) is 3.52. The van der Waals surface area contributed by atoms with E-state index < -0.39 is 11.9 Å². The molecule has 1 atom stereocenters. The average molecular weight is 520 g/mol. The maximum atomic E-state index is 13.1. The van der Waals surface area contributed by atoms with Gasteiger partial charge in [-0.05, 0) is 49.1 Å². The minimum atomic E-state index is -4.50. The number of fused-ring (bicyclic) bond motifs is 3. The Balaban J connectivity index is 1.27. The van der Waals surface area contributed by atoms with Crippen LogP contribution in [0.4, 0.5) is 19.1 Å². The number of nitrogens with zero attached hydrogens (tertiary/aromatic N) is 7. The van der Waals surface area contributed by atoms with E-state index in [1.165, 1.54) is 6.20 Å². The fourth-order valence-electron chi connectivity index (χ4n) is 5.38. The topological polar surface area (TPSA) is 72.2 Å². The molecular formula is C24H25ClF3N7O. The second-order valence-electron chi connectivity index (χ2n) is 9.51. The van der Waals surface area contributed by atoms with Crippen molar-refractivity contribution in [2.45, 2.75) is 50.5 Å². The number of rotatable bonds is 3. The molecule has 0 spiro atoms. The molecule has 2 saturated heterocycles. The van der Waals surface area contributed by atoms with Crippen LogP contribution in [0.3, 0.4) is 0 Å². The largest absolute Gasteiger partial charge is 0.433 e. The second-order valence-corrected chi connectivity index (χ2v) is 9.94. The van der Waals surface area contributed by atoms with E-state index in [-0.39, 0.29) is 11.9 Å². The molecular weight excluding hydrogens is 495 g/mol. The minimum absolute atomic E-state index is 0.109. The van der Waals surface area contributed by atoms with Gasteiger partial charge in [0.05, 0.1) is 18.8 Å². The van der Waals surface area contributed by atoms with Gasteiger partial charge in [0.25, 0.3) is 0 Å². The van der Waals surface area contributed by atoms with Crippen LogP contribution >= 0.6 is 11.6 Å². The molecule has 0 saturated carbocycles. The summed E-state index contributed by atoms with van der Waals surface area (Å²) in [6.07, 6.45) is -0.933. The molecule has 3 aromatic rings. The molecule has 0 N–H and O–H groups in total. The van der Waals surface area contributed by atoms with Gasteiger partial charge in [0.1, 0.15) is 11.5 Å². The summed E-state index contributed by atoms with van der Waals surface area (Å²) in [5.74, 6) is 1.97. The van der Waals surface area contributed by atoms with E-state index in [0.29, 0.717) is 50.1 Å². The first-order valence-electron chi connectivity index (χ1n) is 12.1. The van der Waals surface area contributed by atoms with Crippen molar-refractivity contribution in [3.05, 3.63) is 58.4 Å². The van der Waals surface area contributed by atoms with Crippen LogP contribution in [0.15, 0.2) is 30.5 Å². The maximum absolute atomic E-state index is 13.1. The van der Waals surface area contributed by atoms with E-state index in [2.05, 4.69) is 29.6 Å². The first-order valence-corrected chi connectivity index (χ1v) is 12.4. The van der Waals surface area contributed by atoms with Crippen LogP contribution < -0.4 is 4.90 Å². The molecule has 1 aromatic carbocycles. The van der Waals surface area contributed by atoms with Crippen molar-refractivity contribution in [2.24, 2.45) is 0 Å². The van der Waals surface area contributed by atoms with Crippen molar-refractivity contribution in [2.75, 3.05) is 31.2 Å². The highest BCUT2D eigenvalue weighted by atomic mass is 35.5. The molecule has 6 rings (SSSR count). The van der Waals surface area contributed by atoms with Crippen LogP contribution in [-0.2, 0) is 24.0 Å². The fraction of sp³-hybridized carbons (Fsp3) is 0.500. The SMILES string of the molecule is FC(F)(F)c1ccnc(N2CCC(c3nnc4n3-c3ccc(Cl)cc3CN([C@@H]3CCOC3)C4)CC2)n1. The molecule has 0 amide bonds. The molecule has 0 aliphatic carbocycles. The third kappa shape index (κ3) is 4.44. The molecule has 8 nitrogen and oxygen atoms in total. The zero-order chi connectivity index (χ0) is 24.9. The van der Waals surface area contributed by atoms with Crippen LogP contribution in [0.5, 0.6) is 0 Å². The van der Waals surface area contributed by atoms with E-state index in [9.17, 15) is 13.2 Å². The molecule has 2 fully saturated rings. The van der Waals surface area contributed by atoms with E-state index in [1.807, 2.05) is 18.2 Å². The number of halogens is 4. The van der Waals surface area contributed by atoms with Crippen LogP contribution in [0.1, 0.15) is 48.1 Å². The van der Waals surface area contributed by atoms with E-state index >= 15 is 0 Å². The third-order valence-electron chi connectivity index (χ3n) is 7.25. The first kappa shape index (κ1) is 23.6. The van der Waals surface area contributed by atoms with Crippen molar-refractivity contribution in [3.8, 4) is 5.69 Å². The van der Waals surface area contributed by atoms with Gasteiger partial charge < -0.3 is 9.64 Å². The lowest BCUT2D eigenvalue weighted by Gasteiger charge is -2.32. The molecule has 0 radical (unpaired) electrons. The number of ether oxygens (including phenoxy) is 1. The van der Waals surface area contributed by atoms with Gasteiger partial charge in [-0.15, -0.1) is 10.2 Å². The first-order chi connectivity index (χ1) is 17.4. The Morgan fingerprint density at radius 2 is 1.86 bits per heavy atom. The summed E-state index contributed by atoms with van der Waals surface area (Å²) in [6.45, 7) is 3.94. The fourth-order valence-corrected chi connectivity index (χ4v) is 5.57. The van der Waals surface area contributed by atoms with Crippen LogP contribution in [0, 0.1) is 0 Å². The smallest absolute Gasteiger partial charge is 0.380 e. The molecule has 12 heteroatoms. The quantitative estimate of drug-likeness (QED) is 0.513. The van der Waals surface area contributed by atoms with Gasteiger partial charge in [0, 0.05) is 49.4 Å². The highest BCUT2D eigenvalue weighted by Gasteiger charge is 2.35. The Hall–Kier alpha value is -2.76. The number of hydrogen-bond donors (Lipinski definition) is 0. The number of benzene rings is 1. The summed E-state index contributed by atoms with van der Waals surface area (Å²) >= 11 is 6.37. The van der Waals surface area contributed by atoms with Gasteiger partial charge in [0.2, 0.25) is 5.95 Å². The number of piperidine rings is 1. The van der Waals surface area contributed by atoms with Crippen molar-refractivity contribution < 1.29 is 17.9 Å². The van der Waals surface area contributed by atoms with E-state index in [1.54, 1.807) is 4.90 Å². The van der Waals surface area contributed by atoms with Crippen LogP contribution in [-0.4, -0.2) is 62.0 Å². The third-order valence-corrected chi connectivity index (χ3v) is 7.49. The monoisotopic (exact) mass is 519 g/mol. The summed E-state index contributed by atoms with van der Waals surface area (Å²) in [5.41, 5.74) is 1.22. The number of anilines is 1. The van der Waals surface area contributed by atoms with Gasteiger partial charge in [0.15, 0.2) is 5.82 Å². The number of hydrogen-bond acceptors (Lipinski definition) is 7. The molecule has 2 aromatic heterocycles. The lowest BCUT2D eigenvalue weighted by Crippen LogP contribution is -2.35. The molecule has 3 aliphatic rings. The maximum Gasteiger partial charge on any atom is 0.433 e. The van der Waals surface area contributed by atoms with Crippen LogP contribution in [0.2, 0.25) is 5.02 Å². The number of alkyl halides is 3. The highest BCUT2D eigenvalue weighted by Crippen LogP contribution is 2.35. The molecule has 0 unspecified atom stereocenters. The van der Waals surface area contributed by atoms with Gasteiger partial charge in [-0.3, -0.25) is 9.47 Å².